The van der Waals surface area contributed by atoms with Crippen molar-refractivity contribution in [2.75, 3.05) is 13.1 Å². The normalized spacial score (nSPS) is 14.6. The van der Waals surface area contributed by atoms with Crippen LogP contribution in [0.4, 0.5) is 0 Å². The maximum absolute atomic E-state index is 13.6. The van der Waals surface area contributed by atoms with Gasteiger partial charge in [0.15, 0.2) is 0 Å². The Labute approximate surface area is 194 Å². The fraction of sp³-hybridized carbons (Fsp3) is 0.304. The van der Waals surface area contributed by atoms with E-state index in [9.17, 15) is 9.59 Å². The molecule has 1 N–H and O–H groups in total. The zero-order valence-electron chi connectivity index (χ0n) is 17.2. The zero-order valence-corrected chi connectivity index (χ0v) is 19.6. The Morgan fingerprint density at radius 3 is 2.52 bits per heavy atom. The Hall–Kier alpha value is -2.19. The van der Waals surface area contributed by atoms with E-state index in [1.807, 2.05) is 36.4 Å². The molecule has 0 saturated carbocycles. The van der Waals surface area contributed by atoms with E-state index in [2.05, 4.69) is 23.7 Å². The van der Waals surface area contributed by atoms with Crippen LogP contribution in [-0.4, -0.2) is 22.2 Å². The average Bonchev–Trinajstić information content (AvgIpc) is 3.39. The van der Waals surface area contributed by atoms with Gasteiger partial charge in [-0.25, -0.2) is 4.79 Å². The molecular weight excluding hydrogens is 450 g/mol. The first kappa shape index (κ1) is 22.0. The second-order valence-corrected chi connectivity index (χ2v) is 9.80. The lowest BCUT2D eigenvalue weighted by Gasteiger charge is -2.25. The summed E-state index contributed by atoms with van der Waals surface area (Å²) >= 11 is 3.15. The highest BCUT2D eigenvalue weighted by Gasteiger charge is 2.24. The van der Waals surface area contributed by atoms with Crippen molar-refractivity contribution in [2.24, 2.45) is 0 Å². The summed E-state index contributed by atoms with van der Waals surface area (Å²) in [7, 11) is 0. The van der Waals surface area contributed by atoms with Crippen molar-refractivity contribution in [3.8, 4) is 10.4 Å². The summed E-state index contributed by atoms with van der Waals surface area (Å²) in [6.45, 7) is 4.23. The van der Waals surface area contributed by atoms with Gasteiger partial charge in [-0.2, -0.15) is 0 Å². The van der Waals surface area contributed by atoms with Crippen LogP contribution >= 0.6 is 35.1 Å². The van der Waals surface area contributed by atoms with Gasteiger partial charge in [-0.3, -0.25) is 13.9 Å². The van der Waals surface area contributed by atoms with Crippen LogP contribution in [0.2, 0.25) is 0 Å². The minimum atomic E-state index is -0.190. The summed E-state index contributed by atoms with van der Waals surface area (Å²) in [5.41, 5.74) is 2.65. The number of halogens is 1. The van der Waals surface area contributed by atoms with E-state index in [0.717, 1.165) is 46.8 Å². The lowest BCUT2D eigenvalue weighted by molar-refractivity contribution is 0.347. The van der Waals surface area contributed by atoms with E-state index in [-0.39, 0.29) is 29.7 Å². The second-order valence-electron chi connectivity index (χ2n) is 7.74. The minimum Gasteiger partial charge on any atom is -0.317 e. The molecule has 0 spiro atoms. The van der Waals surface area contributed by atoms with Gasteiger partial charge in [0.05, 0.1) is 12.1 Å². The monoisotopic (exact) mass is 473 g/mol. The summed E-state index contributed by atoms with van der Waals surface area (Å²) in [6, 6.07) is 14.1. The molecular formula is C23H24ClN3O2S2. The van der Waals surface area contributed by atoms with Gasteiger partial charge in [0, 0.05) is 15.8 Å². The van der Waals surface area contributed by atoms with E-state index in [1.54, 1.807) is 15.9 Å². The molecule has 1 aliphatic heterocycles. The van der Waals surface area contributed by atoms with Gasteiger partial charge >= 0.3 is 5.69 Å². The van der Waals surface area contributed by atoms with Crippen molar-refractivity contribution in [3.63, 3.8) is 0 Å². The number of piperidine rings is 1. The minimum absolute atomic E-state index is 0. The Bertz CT molecular complexity index is 1310. The third kappa shape index (κ3) is 4.03. The first-order valence-electron chi connectivity index (χ1n) is 10.2. The van der Waals surface area contributed by atoms with Crippen LogP contribution in [0.15, 0.2) is 57.4 Å². The molecule has 0 unspecified atom stereocenters. The van der Waals surface area contributed by atoms with Crippen molar-refractivity contribution >= 4 is 45.3 Å². The lowest BCUT2D eigenvalue weighted by Crippen LogP contribution is -2.44. The number of rotatable bonds is 4. The molecule has 5 rings (SSSR count). The molecule has 1 saturated heterocycles. The van der Waals surface area contributed by atoms with Gasteiger partial charge in [-0.1, -0.05) is 30.3 Å². The molecule has 1 fully saturated rings. The molecule has 162 valence electrons. The molecule has 3 aromatic heterocycles. The Kier molecular flexibility index (Phi) is 6.48. The molecule has 0 bridgehead atoms. The zero-order chi connectivity index (χ0) is 20.7. The molecule has 0 atom stereocenters. The van der Waals surface area contributed by atoms with Crippen molar-refractivity contribution in [3.05, 3.63) is 79.1 Å². The molecule has 1 aliphatic rings. The molecule has 8 heteroatoms. The van der Waals surface area contributed by atoms with E-state index >= 15 is 0 Å². The van der Waals surface area contributed by atoms with Gasteiger partial charge in [0.1, 0.15) is 4.70 Å². The topological polar surface area (TPSA) is 56.0 Å². The van der Waals surface area contributed by atoms with Crippen molar-refractivity contribution in [2.45, 2.75) is 32.4 Å². The fourth-order valence-electron chi connectivity index (χ4n) is 4.16. The predicted molar refractivity (Wildman–Crippen MR) is 132 cm³/mol. The number of thiophene rings is 2. The molecule has 0 aliphatic carbocycles. The molecule has 4 heterocycles. The highest BCUT2D eigenvalue weighted by Crippen LogP contribution is 2.32. The van der Waals surface area contributed by atoms with Crippen LogP contribution in [0, 0.1) is 6.92 Å². The fourth-order valence-corrected chi connectivity index (χ4v) is 6.16. The number of fused-ring (bicyclic) bond motifs is 1. The highest BCUT2D eigenvalue weighted by atomic mass is 35.5. The SMILES string of the molecule is Cc1ccsc1Cn1c(=O)n(C2CCNCC2)c(=O)c2sc(-c3ccccc3)cc21.Cl. The largest absolute Gasteiger partial charge is 0.332 e. The molecule has 0 radical (unpaired) electrons. The Balaban J connectivity index is 0.00000231. The van der Waals surface area contributed by atoms with Crippen LogP contribution in [0.3, 0.4) is 0 Å². The van der Waals surface area contributed by atoms with Crippen LogP contribution in [-0.2, 0) is 6.54 Å². The summed E-state index contributed by atoms with van der Waals surface area (Å²) in [4.78, 5) is 29.2. The van der Waals surface area contributed by atoms with E-state index in [1.165, 1.54) is 21.5 Å². The molecule has 0 amide bonds. The number of nitrogens with one attached hydrogen (secondary N) is 1. The number of benzene rings is 1. The third-order valence-corrected chi connectivity index (χ3v) is 8.02. The van der Waals surface area contributed by atoms with Crippen LogP contribution in [0.5, 0.6) is 0 Å². The van der Waals surface area contributed by atoms with E-state index in [4.69, 9.17) is 0 Å². The standard InChI is InChI=1S/C23H23N3O2S2.ClH/c1-15-9-12-29-20(15)14-25-18-13-19(16-5-3-2-4-6-16)30-21(18)22(27)26(23(25)28)17-7-10-24-11-8-17;/h2-6,9,12-13,17,24H,7-8,10-11,14H2,1H3;1H. The van der Waals surface area contributed by atoms with Gasteiger partial charge in [-0.05, 0) is 61.5 Å². The van der Waals surface area contributed by atoms with Crippen molar-refractivity contribution < 1.29 is 0 Å². The highest BCUT2D eigenvalue weighted by molar-refractivity contribution is 7.22. The summed E-state index contributed by atoms with van der Waals surface area (Å²) in [5, 5.41) is 5.38. The summed E-state index contributed by atoms with van der Waals surface area (Å²) < 4.78 is 4.00. The van der Waals surface area contributed by atoms with Gasteiger partial charge < -0.3 is 5.32 Å². The van der Waals surface area contributed by atoms with Crippen molar-refractivity contribution in [1.29, 1.82) is 0 Å². The van der Waals surface area contributed by atoms with Crippen LogP contribution in [0.25, 0.3) is 20.7 Å². The molecule has 5 nitrogen and oxygen atoms in total. The molecule has 4 aromatic rings. The van der Waals surface area contributed by atoms with Gasteiger partial charge in [0.25, 0.3) is 5.56 Å². The van der Waals surface area contributed by atoms with Gasteiger partial charge in [0.2, 0.25) is 0 Å². The van der Waals surface area contributed by atoms with E-state index < -0.39 is 0 Å². The quantitative estimate of drug-likeness (QED) is 0.469. The number of aromatic nitrogens is 2. The van der Waals surface area contributed by atoms with E-state index in [0.29, 0.717) is 11.2 Å². The van der Waals surface area contributed by atoms with Crippen LogP contribution < -0.4 is 16.6 Å². The summed E-state index contributed by atoms with van der Waals surface area (Å²) in [6.07, 6.45) is 1.60. The first-order valence-corrected chi connectivity index (χ1v) is 11.9. The number of aryl methyl sites for hydroxylation is 1. The van der Waals surface area contributed by atoms with Gasteiger partial charge in [-0.15, -0.1) is 35.1 Å². The molecule has 1 aromatic carbocycles. The maximum atomic E-state index is 13.6. The van der Waals surface area contributed by atoms with Crippen LogP contribution in [0.1, 0.15) is 29.3 Å². The smallest absolute Gasteiger partial charge is 0.317 e. The summed E-state index contributed by atoms with van der Waals surface area (Å²) in [5.74, 6) is 0. The Morgan fingerprint density at radius 1 is 1.10 bits per heavy atom. The number of hydrogen-bond donors (Lipinski definition) is 1. The average molecular weight is 474 g/mol. The third-order valence-electron chi connectivity index (χ3n) is 5.86. The predicted octanol–water partition coefficient (Wildman–Crippen LogP) is 4.66. The second kappa shape index (κ2) is 9.12. The van der Waals surface area contributed by atoms with Crippen molar-refractivity contribution in [1.82, 2.24) is 14.5 Å². The molecule has 31 heavy (non-hydrogen) atoms. The number of hydrogen-bond acceptors (Lipinski definition) is 5. The number of nitrogens with zero attached hydrogens (tertiary/aromatic N) is 2. The lowest BCUT2D eigenvalue weighted by atomic mass is 10.1. The maximum Gasteiger partial charge on any atom is 0.332 e. The Morgan fingerprint density at radius 2 is 1.84 bits per heavy atom. The first-order chi connectivity index (χ1) is 14.6.